The molecule has 13 nitrogen and oxygen atoms in total. The number of carboxylic acids is 1. The third-order valence-electron chi connectivity index (χ3n) is 5.66. The number of amides is 2. The number of anilines is 1. The van der Waals surface area contributed by atoms with Gasteiger partial charge in [0.25, 0.3) is 11.8 Å². The van der Waals surface area contributed by atoms with Crippen molar-refractivity contribution in [3.05, 3.63) is 65.8 Å². The third-order valence-corrected chi connectivity index (χ3v) is 7.00. The van der Waals surface area contributed by atoms with Crippen LogP contribution in [0, 0.1) is 0 Å². The molecule has 2 aliphatic rings. The molecule has 0 radical (unpaired) electrons. The van der Waals surface area contributed by atoms with Crippen LogP contribution in [0.15, 0.2) is 65.2 Å². The summed E-state index contributed by atoms with van der Waals surface area (Å²) in [7, 11) is 0. The predicted octanol–water partition coefficient (Wildman–Crippen LogP) is -0.882. The molecule has 0 spiro atoms. The van der Waals surface area contributed by atoms with Gasteiger partial charge in [0, 0.05) is 23.5 Å². The lowest BCUT2D eigenvalue weighted by Crippen LogP contribution is -2.71. The van der Waals surface area contributed by atoms with Gasteiger partial charge in [0.05, 0.1) is 11.7 Å². The summed E-state index contributed by atoms with van der Waals surface area (Å²) >= 11 is 1.31. The molecule has 2 aromatic rings. The van der Waals surface area contributed by atoms with Crippen molar-refractivity contribution < 1.29 is 38.4 Å². The first-order valence-corrected chi connectivity index (χ1v) is 13.3. The number of carbonyl (C=O) groups excluding carboxylic acids is 4. The maximum absolute atomic E-state index is 13.3. The Bertz CT molecular complexity index is 1390. The van der Waals surface area contributed by atoms with Crippen molar-refractivity contribution >= 4 is 47.0 Å². The number of carbonyl (C=O) groups is 4. The van der Waals surface area contributed by atoms with E-state index in [4.69, 9.17) is 15.3 Å². The minimum atomic E-state index is -1.48. The summed E-state index contributed by atoms with van der Waals surface area (Å²) in [6.45, 7) is 4.76. The number of hydrogen-bond donors (Lipinski definition) is 2. The highest BCUT2D eigenvalue weighted by molar-refractivity contribution is 8.00. The van der Waals surface area contributed by atoms with Gasteiger partial charge in [-0.3, -0.25) is 14.5 Å². The molecule has 0 saturated carbocycles. The zero-order valence-corrected chi connectivity index (χ0v) is 22.8. The summed E-state index contributed by atoms with van der Waals surface area (Å²) in [5.74, 6) is -3.21. The van der Waals surface area contributed by atoms with Crippen molar-refractivity contribution in [3.8, 4) is 0 Å². The highest BCUT2D eigenvalue weighted by Crippen LogP contribution is 2.40. The first-order valence-electron chi connectivity index (χ1n) is 12.2. The largest absolute Gasteiger partial charge is 0.543 e. The number of aliphatic carboxylic acids is 1. The van der Waals surface area contributed by atoms with Crippen LogP contribution in [0.25, 0.3) is 0 Å². The Hall–Kier alpha value is -4.46. The smallest absolute Gasteiger partial charge is 0.347 e. The number of pyridine rings is 2. The van der Waals surface area contributed by atoms with Crippen LogP contribution < -0.4 is 20.7 Å². The number of nitrogen functional groups attached to an aromatic ring is 1. The first-order chi connectivity index (χ1) is 18.9. The fraction of sp³-hybridized carbons (Fsp3) is 0.346. The first kappa shape index (κ1) is 28.5. The second kappa shape index (κ2) is 11.7. The second-order valence-electron chi connectivity index (χ2n) is 9.90. The molecule has 3 N–H and O–H groups in total. The van der Waals surface area contributed by atoms with Gasteiger partial charge in [0.1, 0.15) is 28.5 Å². The molecule has 4 rings (SSSR count). The van der Waals surface area contributed by atoms with Crippen molar-refractivity contribution in [1.29, 1.82) is 0 Å². The van der Waals surface area contributed by atoms with E-state index >= 15 is 0 Å². The number of esters is 1. The Kier molecular flexibility index (Phi) is 8.38. The van der Waals surface area contributed by atoms with Crippen molar-refractivity contribution in [2.45, 2.75) is 44.3 Å². The molecule has 1 saturated heterocycles. The predicted molar refractivity (Wildman–Crippen MR) is 141 cm³/mol. The van der Waals surface area contributed by atoms with Gasteiger partial charge in [-0.05, 0) is 32.9 Å². The van der Waals surface area contributed by atoms with Crippen LogP contribution in [-0.4, -0.2) is 68.7 Å². The van der Waals surface area contributed by atoms with E-state index in [-0.39, 0.29) is 29.5 Å². The number of fused-ring (bicyclic) bond motifs is 1. The minimum Gasteiger partial charge on any atom is -0.543 e. The fourth-order valence-corrected chi connectivity index (χ4v) is 5.41. The number of oxime groups is 1. The lowest BCUT2D eigenvalue weighted by molar-refractivity contribution is -0.689. The normalized spacial score (nSPS) is 18.9. The van der Waals surface area contributed by atoms with Crippen LogP contribution in [0.4, 0.5) is 5.82 Å². The van der Waals surface area contributed by atoms with E-state index in [0.717, 1.165) is 4.90 Å². The molecule has 0 aliphatic carbocycles. The number of nitrogens with two attached hydrogens (primary N) is 1. The average molecular weight is 569 g/mol. The summed E-state index contributed by atoms with van der Waals surface area (Å²) in [5.41, 5.74) is 5.03. The minimum absolute atomic E-state index is 0.0408. The highest BCUT2D eigenvalue weighted by atomic mass is 32.2. The maximum atomic E-state index is 13.3. The Labute approximate surface area is 234 Å². The van der Waals surface area contributed by atoms with Gasteiger partial charge in [-0.1, -0.05) is 17.3 Å². The van der Waals surface area contributed by atoms with Gasteiger partial charge in [-0.2, -0.15) is 0 Å². The van der Waals surface area contributed by atoms with Gasteiger partial charge in [0.2, 0.25) is 6.61 Å². The van der Waals surface area contributed by atoms with Crippen molar-refractivity contribution in [1.82, 2.24) is 15.2 Å². The van der Waals surface area contributed by atoms with Crippen LogP contribution in [-0.2, 0) is 35.3 Å². The summed E-state index contributed by atoms with van der Waals surface area (Å²) in [6, 6.07) is 8.92. The SMILES string of the molecule is CC(C)(C)OC(=O)CON=C(C(=O)NC1C(=O)N2C(C(=O)[O-])=C(C[n+]3ccccc3)CS[C@H]12)c1cccc(N)n1. The lowest BCUT2D eigenvalue weighted by atomic mass is 10.0. The number of rotatable bonds is 9. The van der Waals surface area contributed by atoms with Gasteiger partial charge < -0.3 is 30.5 Å². The quantitative estimate of drug-likeness (QED) is 0.127. The lowest BCUT2D eigenvalue weighted by Gasteiger charge is -2.50. The van der Waals surface area contributed by atoms with E-state index in [9.17, 15) is 24.3 Å². The molecule has 40 heavy (non-hydrogen) atoms. The monoisotopic (exact) mass is 568 g/mol. The van der Waals surface area contributed by atoms with E-state index in [1.165, 1.54) is 23.9 Å². The van der Waals surface area contributed by atoms with Crippen LogP contribution in [0.1, 0.15) is 26.5 Å². The zero-order chi connectivity index (χ0) is 29.0. The number of thioether (sulfide) groups is 1. The van der Waals surface area contributed by atoms with Crippen molar-refractivity contribution in [3.63, 3.8) is 0 Å². The summed E-state index contributed by atoms with van der Waals surface area (Å²) in [4.78, 5) is 60.7. The average Bonchev–Trinajstić information content (AvgIpc) is 2.88. The molecular weight excluding hydrogens is 540 g/mol. The Morgan fingerprint density at radius 2 is 1.95 bits per heavy atom. The number of carboxylic acid groups (broad SMARTS) is 1. The fourth-order valence-electron chi connectivity index (χ4n) is 4.07. The number of aromatic nitrogens is 2. The second-order valence-corrected chi connectivity index (χ2v) is 11.0. The summed E-state index contributed by atoms with van der Waals surface area (Å²) in [6.07, 6.45) is 3.57. The summed E-state index contributed by atoms with van der Waals surface area (Å²) < 4.78 is 6.96. The van der Waals surface area contributed by atoms with E-state index in [0.29, 0.717) is 11.3 Å². The molecule has 0 bridgehead atoms. The van der Waals surface area contributed by atoms with Crippen LogP contribution in [0.2, 0.25) is 0 Å². The Balaban J connectivity index is 1.51. The van der Waals surface area contributed by atoms with E-state index in [1.807, 2.05) is 18.2 Å². The van der Waals surface area contributed by atoms with Gasteiger partial charge >= 0.3 is 5.97 Å². The molecule has 2 amide bonds. The molecule has 1 unspecified atom stereocenters. The molecule has 14 heteroatoms. The van der Waals surface area contributed by atoms with E-state index in [1.54, 1.807) is 43.8 Å². The molecule has 2 aromatic heterocycles. The van der Waals surface area contributed by atoms with Gasteiger partial charge in [0.15, 0.2) is 24.7 Å². The van der Waals surface area contributed by atoms with Gasteiger partial charge in [-0.15, -0.1) is 11.8 Å². The van der Waals surface area contributed by atoms with Crippen LogP contribution in [0.3, 0.4) is 0 Å². The third kappa shape index (κ3) is 6.57. The molecule has 2 aliphatic heterocycles. The highest BCUT2D eigenvalue weighted by Gasteiger charge is 2.53. The molecule has 4 heterocycles. The number of nitrogens with zero attached hydrogens (tertiary/aromatic N) is 4. The van der Waals surface area contributed by atoms with Crippen molar-refractivity contribution in [2.75, 3.05) is 18.1 Å². The van der Waals surface area contributed by atoms with E-state index in [2.05, 4.69) is 15.5 Å². The molecule has 1 fully saturated rings. The molecule has 2 atom stereocenters. The van der Waals surface area contributed by atoms with Gasteiger partial charge in [-0.25, -0.2) is 14.3 Å². The zero-order valence-electron chi connectivity index (χ0n) is 22.0. The maximum Gasteiger partial charge on any atom is 0.347 e. The van der Waals surface area contributed by atoms with Crippen LogP contribution in [0.5, 0.6) is 0 Å². The summed E-state index contributed by atoms with van der Waals surface area (Å²) in [5, 5.41) is 17.7. The molecule has 210 valence electrons. The Morgan fingerprint density at radius 3 is 2.60 bits per heavy atom. The molecule has 0 aromatic carbocycles. The number of β-lactam (4-membered cyclic amide) rings is 1. The number of hydrogen-bond acceptors (Lipinski definition) is 11. The number of ether oxygens (including phenoxy) is 1. The van der Waals surface area contributed by atoms with Crippen LogP contribution >= 0.6 is 11.8 Å². The van der Waals surface area contributed by atoms with Crippen molar-refractivity contribution in [2.24, 2.45) is 5.16 Å². The standard InChI is InChI=1S/C26H28N6O7S/c1-26(2,3)39-18(33)13-38-30-19(16-8-7-9-17(27)28-16)22(34)29-20-23(35)32-21(25(36)37)15(14-40-24(20)32)12-31-10-5-4-6-11-31/h4-11,20,24H,12-14H2,1-3H3,(H3-,27,28,29,34,36,37)/t20?,24-/m1/s1. The van der Waals surface area contributed by atoms with E-state index < -0.39 is 47.4 Å². The molecular formula is C26H28N6O7S. The topological polar surface area (TPSA) is 180 Å². The Morgan fingerprint density at radius 1 is 1.23 bits per heavy atom. The number of nitrogens with one attached hydrogen (secondary N) is 1.